The average molecular weight is 262 g/mol. The first kappa shape index (κ1) is 13.8. The molecule has 1 atom stereocenters. The largest absolute Gasteiger partial charge is 0.368 e. The zero-order valence-corrected chi connectivity index (χ0v) is 11.4. The van der Waals surface area contributed by atoms with Crippen molar-refractivity contribution in [2.45, 2.75) is 38.6 Å². The summed E-state index contributed by atoms with van der Waals surface area (Å²) >= 11 is 0. The quantitative estimate of drug-likeness (QED) is 0.867. The van der Waals surface area contributed by atoms with Crippen LogP contribution in [-0.2, 0) is 4.79 Å². The summed E-state index contributed by atoms with van der Waals surface area (Å²) in [6.07, 6.45) is 5.93. The highest BCUT2D eigenvalue weighted by Crippen LogP contribution is 2.24. The van der Waals surface area contributed by atoms with Gasteiger partial charge in [-0.05, 0) is 38.3 Å². The molecule has 1 aromatic heterocycles. The van der Waals surface area contributed by atoms with Crippen molar-refractivity contribution in [3.05, 3.63) is 18.3 Å². The fourth-order valence-electron chi connectivity index (χ4n) is 2.45. The first-order valence-electron chi connectivity index (χ1n) is 6.93. The zero-order valence-electron chi connectivity index (χ0n) is 11.4. The summed E-state index contributed by atoms with van der Waals surface area (Å²) in [5, 5.41) is 2.74. The first-order chi connectivity index (χ1) is 9.20. The second kappa shape index (κ2) is 6.52. The smallest absolute Gasteiger partial charge is 0.226 e. The first-order valence-corrected chi connectivity index (χ1v) is 6.93. The van der Waals surface area contributed by atoms with Gasteiger partial charge in [0.15, 0.2) is 0 Å². The van der Waals surface area contributed by atoms with Crippen molar-refractivity contribution >= 4 is 17.4 Å². The fraction of sp³-hybridized carbons (Fsp3) is 0.571. The van der Waals surface area contributed by atoms with Gasteiger partial charge in [-0.3, -0.25) is 4.79 Å². The Morgan fingerprint density at radius 1 is 1.53 bits per heavy atom. The Labute approximate surface area is 114 Å². The Bertz CT molecular complexity index is 418. The van der Waals surface area contributed by atoms with Crippen molar-refractivity contribution in [1.82, 2.24) is 4.98 Å². The summed E-state index contributed by atoms with van der Waals surface area (Å²) in [5.74, 6) is 0.501. The molecule has 5 heteroatoms. The number of amides is 1. The van der Waals surface area contributed by atoms with Crippen molar-refractivity contribution in [1.29, 1.82) is 0 Å². The van der Waals surface area contributed by atoms with Gasteiger partial charge >= 0.3 is 0 Å². The van der Waals surface area contributed by atoms with Crippen LogP contribution in [0.1, 0.15) is 32.6 Å². The number of piperidine rings is 1. The molecular formula is C14H22N4O. The highest BCUT2D eigenvalue weighted by molar-refractivity contribution is 5.89. The number of carbonyl (C=O) groups excluding carboxylic acids is 1. The van der Waals surface area contributed by atoms with Crippen LogP contribution >= 0.6 is 0 Å². The van der Waals surface area contributed by atoms with Gasteiger partial charge in [0.1, 0.15) is 5.82 Å². The van der Waals surface area contributed by atoms with E-state index in [4.69, 9.17) is 5.73 Å². The van der Waals surface area contributed by atoms with E-state index in [9.17, 15) is 4.79 Å². The maximum atomic E-state index is 11.4. The highest BCUT2D eigenvalue weighted by atomic mass is 16.1. The Morgan fingerprint density at radius 2 is 2.37 bits per heavy atom. The molecule has 104 valence electrons. The molecule has 0 aliphatic carbocycles. The van der Waals surface area contributed by atoms with Crippen LogP contribution in [0, 0.1) is 0 Å². The van der Waals surface area contributed by atoms with Crippen LogP contribution in [-0.4, -0.2) is 30.0 Å². The van der Waals surface area contributed by atoms with Crippen molar-refractivity contribution in [2.24, 2.45) is 5.73 Å². The van der Waals surface area contributed by atoms with Gasteiger partial charge in [-0.25, -0.2) is 4.98 Å². The van der Waals surface area contributed by atoms with E-state index in [1.54, 1.807) is 0 Å². The van der Waals surface area contributed by atoms with E-state index < -0.39 is 0 Å². The summed E-state index contributed by atoms with van der Waals surface area (Å²) in [6.45, 7) is 3.69. The molecule has 19 heavy (non-hydrogen) atoms. The maximum Gasteiger partial charge on any atom is 0.226 e. The van der Waals surface area contributed by atoms with Crippen molar-refractivity contribution < 1.29 is 4.79 Å². The van der Waals surface area contributed by atoms with Gasteiger partial charge in [-0.1, -0.05) is 0 Å². The summed E-state index contributed by atoms with van der Waals surface area (Å²) < 4.78 is 0. The van der Waals surface area contributed by atoms with Gasteiger partial charge in [-0.15, -0.1) is 0 Å². The number of rotatable bonds is 4. The van der Waals surface area contributed by atoms with Gasteiger partial charge in [0.25, 0.3) is 0 Å². The molecular weight excluding hydrogens is 240 g/mol. The Kier molecular flexibility index (Phi) is 4.74. The predicted octanol–water partition coefficient (Wildman–Crippen LogP) is 1.75. The lowest BCUT2D eigenvalue weighted by Crippen LogP contribution is -2.37. The van der Waals surface area contributed by atoms with E-state index in [0.717, 1.165) is 12.2 Å². The number of nitrogens with two attached hydrogens (primary N) is 1. The molecule has 0 aromatic carbocycles. The molecule has 0 radical (unpaired) electrons. The van der Waals surface area contributed by atoms with Crippen LogP contribution in [0.5, 0.6) is 0 Å². The normalized spacial score (nSPS) is 19.3. The third kappa shape index (κ3) is 3.67. The molecule has 0 bridgehead atoms. The SMILES string of the molecule is CC1CCCCN1c1ccc(NC(=O)CCN)nc1. The van der Waals surface area contributed by atoms with Gasteiger partial charge < -0.3 is 16.0 Å². The molecule has 3 N–H and O–H groups in total. The van der Waals surface area contributed by atoms with E-state index in [1.165, 1.54) is 19.3 Å². The van der Waals surface area contributed by atoms with E-state index in [0.29, 0.717) is 24.8 Å². The van der Waals surface area contributed by atoms with Crippen LogP contribution in [0.25, 0.3) is 0 Å². The molecule has 1 unspecified atom stereocenters. The molecule has 1 fully saturated rings. The van der Waals surface area contributed by atoms with Gasteiger partial charge in [0, 0.05) is 25.6 Å². The van der Waals surface area contributed by atoms with E-state index in [1.807, 2.05) is 18.3 Å². The fourth-order valence-corrected chi connectivity index (χ4v) is 2.45. The third-order valence-corrected chi connectivity index (χ3v) is 3.52. The van der Waals surface area contributed by atoms with Crippen LogP contribution in [0.2, 0.25) is 0 Å². The highest BCUT2D eigenvalue weighted by Gasteiger charge is 2.18. The molecule has 0 spiro atoms. The van der Waals surface area contributed by atoms with Crippen molar-refractivity contribution in [3.63, 3.8) is 0 Å². The summed E-state index contributed by atoms with van der Waals surface area (Å²) in [4.78, 5) is 18.1. The van der Waals surface area contributed by atoms with Crippen LogP contribution in [0.3, 0.4) is 0 Å². The molecule has 1 aliphatic heterocycles. The Morgan fingerprint density at radius 3 is 3.00 bits per heavy atom. The number of hydrogen-bond donors (Lipinski definition) is 2. The number of pyridine rings is 1. The summed E-state index contributed by atoms with van der Waals surface area (Å²) in [7, 11) is 0. The van der Waals surface area contributed by atoms with Crippen LogP contribution in [0.4, 0.5) is 11.5 Å². The third-order valence-electron chi connectivity index (χ3n) is 3.52. The van der Waals surface area contributed by atoms with Crippen LogP contribution < -0.4 is 16.0 Å². The molecule has 1 amide bonds. The van der Waals surface area contributed by atoms with Crippen molar-refractivity contribution in [2.75, 3.05) is 23.3 Å². The number of aromatic nitrogens is 1. The lowest BCUT2D eigenvalue weighted by molar-refractivity contribution is -0.116. The van der Waals surface area contributed by atoms with Gasteiger partial charge in [0.2, 0.25) is 5.91 Å². The monoisotopic (exact) mass is 262 g/mol. The molecule has 0 saturated carbocycles. The number of nitrogens with one attached hydrogen (secondary N) is 1. The molecule has 1 aromatic rings. The lowest BCUT2D eigenvalue weighted by Gasteiger charge is -2.35. The standard InChI is InChI=1S/C14H22N4O/c1-11-4-2-3-9-18(11)12-5-6-13(16-10-12)17-14(19)7-8-15/h5-6,10-11H,2-4,7-9,15H2,1H3,(H,16,17,19). The zero-order chi connectivity index (χ0) is 13.7. The summed E-state index contributed by atoms with van der Waals surface area (Å²) in [6, 6.07) is 4.44. The number of carbonyl (C=O) groups is 1. The molecule has 1 saturated heterocycles. The minimum Gasteiger partial charge on any atom is -0.368 e. The lowest BCUT2D eigenvalue weighted by atomic mass is 10.0. The molecule has 5 nitrogen and oxygen atoms in total. The second-order valence-electron chi connectivity index (χ2n) is 5.03. The molecule has 1 aliphatic rings. The molecule has 2 heterocycles. The number of hydrogen-bond acceptors (Lipinski definition) is 4. The Hall–Kier alpha value is -1.62. The minimum atomic E-state index is -0.0888. The number of nitrogens with zero attached hydrogens (tertiary/aromatic N) is 2. The second-order valence-corrected chi connectivity index (χ2v) is 5.03. The van der Waals surface area contributed by atoms with E-state index >= 15 is 0 Å². The molecule has 2 rings (SSSR count). The van der Waals surface area contributed by atoms with E-state index in [2.05, 4.69) is 22.1 Å². The van der Waals surface area contributed by atoms with Gasteiger partial charge in [-0.2, -0.15) is 0 Å². The van der Waals surface area contributed by atoms with Crippen LogP contribution in [0.15, 0.2) is 18.3 Å². The van der Waals surface area contributed by atoms with E-state index in [-0.39, 0.29) is 5.91 Å². The minimum absolute atomic E-state index is 0.0888. The average Bonchev–Trinajstić information content (AvgIpc) is 2.41. The van der Waals surface area contributed by atoms with Crippen molar-refractivity contribution in [3.8, 4) is 0 Å². The Balaban J connectivity index is 1.99. The van der Waals surface area contributed by atoms with Gasteiger partial charge in [0.05, 0.1) is 11.9 Å². The topological polar surface area (TPSA) is 71.2 Å². The predicted molar refractivity (Wildman–Crippen MR) is 77.2 cm³/mol. The number of anilines is 2. The maximum absolute atomic E-state index is 11.4. The summed E-state index contributed by atoms with van der Waals surface area (Å²) in [5.41, 5.74) is 6.46.